The number of thiophene rings is 1. The second-order valence-corrected chi connectivity index (χ2v) is 9.86. The van der Waals surface area contributed by atoms with Gasteiger partial charge in [0, 0.05) is 10.8 Å². The van der Waals surface area contributed by atoms with E-state index < -0.39 is 11.9 Å². The Balaban J connectivity index is 0.000000635. The van der Waals surface area contributed by atoms with Crippen molar-refractivity contribution in [1.29, 1.82) is 0 Å². The molecular formula is C30H46O6S. The van der Waals surface area contributed by atoms with E-state index in [-0.39, 0.29) is 11.1 Å². The zero-order valence-electron chi connectivity index (χ0n) is 23.2. The highest BCUT2D eigenvalue weighted by atomic mass is 32.1. The molecule has 0 atom stereocenters. The van der Waals surface area contributed by atoms with Gasteiger partial charge >= 0.3 is 11.9 Å². The van der Waals surface area contributed by atoms with Crippen molar-refractivity contribution in [3.63, 3.8) is 0 Å². The summed E-state index contributed by atoms with van der Waals surface area (Å²) in [7, 11) is 3.26. The zero-order valence-corrected chi connectivity index (χ0v) is 24.0. The van der Waals surface area contributed by atoms with Gasteiger partial charge in [0.15, 0.2) is 11.5 Å². The normalized spacial score (nSPS) is 10.4. The van der Waals surface area contributed by atoms with Crippen LogP contribution in [0.25, 0.3) is 0 Å². The van der Waals surface area contributed by atoms with Crippen LogP contribution in [0, 0.1) is 0 Å². The molecule has 1 aromatic heterocycles. The molecule has 0 amide bonds. The molecular weight excluding hydrogens is 488 g/mol. The van der Waals surface area contributed by atoms with Crippen molar-refractivity contribution in [3.05, 3.63) is 45.6 Å². The fraction of sp³-hybridized carbons (Fsp3) is 0.600. The molecule has 1 N–H and O–H groups in total. The fourth-order valence-electron chi connectivity index (χ4n) is 3.91. The minimum Gasteiger partial charge on any atom is -0.492 e. The molecule has 7 heteroatoms. The molecule has 2 rings (SSSR count). The summed E-state index contributed by atoms with van der Waals surface area (Å²) in [6.07, 6.45) is 14.7. The molecule has 208 valence electrons. The van der Waals surface area contributed by atoms with Gasteiger partial charge in [-0.1, -0.05) is 84.1 Å². The van der Waals surface area contributed by atoms with Gasteiger partial charge in [-0.15, -0.1) is 11.3 Å². The Morgan fingerprint density at radius 3 is 1.84 bits per heavy atom. The molecule has 1 aromatic carbocycles. The number of benzene rings is 1. The van der Waals surface area contributed by atoms with E-state index in [0.717, 1.165) is 55.6 Å². The van der Waals surface area contributed by atoms with Gasteiger partial charge in [0.1, 0.15) is 0 Å². The zero-order chi connectivity index (χ0) is 27.3. The summed E-state index contributed by atoms with van der Waals surface area (Å²) in [5.41, 5.74) is 1.18. The lowest BCUT2D eigenvalue weighted by molar-refractivity contribution is 0.0487. The van der Waals surface area contributed by atoms with Gasteiger partial charge in [-0.05, 0) is 37.0 Å². The van der Waals surface area contributed by atoms with Gasteiger partial charge in [-0.25, -0.2) is 9.59 Å². The Kier molecular flexibility index (Phi) is 18.0. The molecule has 0 spiro atoms. The lowest BCUT2D eigenvalue weighted by Crippen LogP contribution is -2.13. The third kappa shape index (κ3) is 13.5. The first-order valence-corrected chi connectivity index (χ1v) is 14.6. The van der Waals surface area contributed by atoms with E-state index in [1.54, 1.807) is 37.7 Å². The Labute approximate surface area is 227 Å². The molecule has 6 nitrogen and oxygen atoms in total. The summed E-state index contributed by atoms with van der Waals surface area (Å²) in [6.45, 7) is 4.73. The van der Waals surface area contributed by atoms with Crippen LogP contribution in [0.2, 0.25) is 0 Å². The maximum Gasteiger partial charge on any atom is 0.339 e. The van der Waals surface area contributed by atoms with E-state index >= 15 is 0 Å². The number of aromatic carboxylic acids is 1. The average molecular weight is 535 g/mol. The van der Waals surface area contributed by atoms with Crippen LogP contribution in [0.4, 0.5) is 0 Å². The Morgan fingerprint density at radius 1 is 0.757 bits per heavy atom. The molecule has 0 aliphatic carbocycles. The van der Waals surface area contributed by atoms with Crippen LogP contribution in [0.3, 0.4) is 0 Å². The van der Waals surface area contributed by atoms with E-state index in [0.29, 0.717) is 6.61 Å². The Bertz CT molecular complexity index is 873. The predicted molar refractivity (Wildman–Crippen MR) is 152 cm³/mol. The summed E-state index contributed by atoms with van der Waals surface area (Å²) in [4.78, 5) is 23.9. The number of aryl methyl sites for hydroxylation is 1. The summed E-state index contributed by atoms with van der Waals surface area (Å²) in [5, 5.41) is 13.3. The number of hydrogen-bond acceptors (Lipinski definition) is 6. The topological polar surface area (TPSA) is 82.1 Å². The number of carbonyl (C=O) groups is 2. The molecule has 37 heavy (non-hydrogen) atoms. The minimum absolute atomic E-state index is 0.0522. The standard InChI is InChI=1S/C24H38O4.C6H8O2S/c1-3-5-7-9-11-13-15-20-16-17-21(22(19-20)23(25)26)24(27)28-18-14-12-10-8-6-4-2;1-7-5-3-9-4-6(5)8-2/h16-17,19H,3-15,18H2,1-2H3,(H,25,26);3-4H,1-2H3. The van der Waals surface area contributed by atoms with Crippen LogP contribution >= 0.6 is 11.3 Å². The third-order valence-electron chi connectivity index (χ3n) is 6.12. The Hall–Kier alpha value is -2.54. The van der Waals surface area contributed by atoms with Crippen LogP contribution in [-0.4, -0.2) is 37.9 Å². The van der Waals surface area contributed by atoms with E-state index in [1.807, 2.05) is 16.8 Å². The van der Waals surface area contributed by atoms with Gasteiger partial charge < -0.3 is 19.3 Å². The summed E-state index contributed by atoms with van der Waals surface area (Å²) in [6, 6.07) is 5.11. The van der Waals surface area contributed by atoms with E-state index in [4.69, 9.17) is 14.2 Å². The van der Waals surface area contributed by atoms with Gasteiger partial charge in [0.25, 0.3) is 0 Å². The van der Waals surface area contributed by atoms with E-state index in [1.165, 1.54) is 44.9 Å². The number of esters is 1. The second kappa shape index (κ2) is 20.5. The molecule has 2 aromatic rings. The van der Waals surface area contributed by atoms with Crippen molar-refractivity contribution in [2.75, 3.05) is 20.8 Å². The molecule has 0 aliphatic rings. The number of unbranched alkanes of at least 4 members (excludes halogenated alkanes) is 10. The van der Waals surface area contributed by atoms with Crippen molar-refractivity contribution in [3.8, 4) is 11.5 Å². The van der Waals surface area contributed by atoms with Crippen LogP contribution in [0.15, 0.2) is 29.0 Å². The number of rotatable bonds is 18. The summed E-state index contributed by atoms with van der Waals surface area (Å²) >= 11 is 1.57. The predicted octanol–water partition coefficient (Wildman–Crippen LogP) is 8.57. The van der Waals surface area contributed by atoms with Crippen LogP contribution in [0.1, 0.15) is 117 Å². The van der Waals surface area contributed by atoms with Crippen LogP contribution in [-0.2, 0) is 11.2 Å². The highest BCUT2D eigenvalue weighted by Gasteiger charge is 2.18. The number of carbonyl (C=O) groups excluding carboxylic acids is 1. The SMILES string of the molecule is CCCCCCCCOC(=O)c1ccc(CCCCCCCC)cc1C(=O)O.COc1cscc1OC. The van der Waals surface area contributed by atoms with Gasteiger partial charge in [0.05, 0.1) is 32.0 Å². The molecule has 0 aliphatic heterocycles. The number of carboxylic acids is 1. The van der Waals surface area contributed by atoms with E-state index in [9.17, 15) is 14.7 Å². The molecule has 0 saturated carbocycles. The quantitative estimate of drug-likeness (QED) is 0.152. The molecule has 0 fully saturated rings. The number of carboxylic acid groups (broad SMARTS) is 1. The fourth-order valence-corrected chi connectivity index (χ4v) is 4.65. The van der Waals surface area contributed by atoms with Gasteiger partial charge in [-0.2, -0.15) is 0 Å². The number of methoxy groups -OCH3 is 2. The van der Waals surface area contributed by atoms with Gasteiger partial charge in [0.2, 0.25) is 0 Å². The maximum absolute atomic E-state index is 12.3. The molecule has 0 saturated heterocycles. The smallest absolute Gasteiger partial charge is 0.339 e. The molecule has 1 heterocycles. The lowest BCUT2D eigenvalue weighted by atomic mass is 9.99. The minimum atomic E-state index is -1.07. The first kappa shape index (κ1) is 32.5. The molecule has 0 radical (unpaired) electrons. The maximum atomic E-state index is 12.3. The summed E-state index contributed by atoms with van der Waals surface area (Å²) < 4.78 is 15.2. The average Bonchev–Trinajstić information content (AvgIpc) is 3.38. The monoisotopic (exact) mass is 534 g/mol. The van der Waals surface area contributed by atoms with Crippen molar-refractivity contribution >= 4 is 23.3 Å². The second-order valence-electron chi connectivity index (χ2n) is 9.12. The lowest BCUT2D eigenvalue weighted by Gasteiger charge is -2.10. The van der Waals surface area contributed by atoms with Crippen molar-refractivity contribution in [2.45, 2.75) is 97.3 Å². The third-order valence-corrected chi connectivity index (χ3v) is 6.82. The van der Waals surface area contributed by atoms with Crippen LogP contribution < -0.4 is 9.47 Å². The van der Waals surface area contributed by atoms with Crippen LogP contribution in [0.5, 0.6) is 11.5 Å². The number of ether oxygens (including phenoxy) is 3. The first-order chi connectivity index (χ1) is 18.0. The highest BCUT2D eigenvalue weighted by molar-refractivity contribution is 7.08. The first-order valence-electron chi connectivity index (χ1n) is 13.7. The molecule has 0 unspecified atom stereocenters. The highest BCUT2D eigenvalue weighted by Crippen LogP contribution is 2.30. The van der Waals surface area contributed by atoms with Crippen molar-refractivity contribution < 1.29 is 28.9 Å². The van der Waals surface area contributed by atoms with E-state index in [2.05, 4.69) is 13.8 Å². The molecule has 0 bridgehead atoms. The van der Waals surface area contributed by atoms with Crippen molar-refractivity contribution in [2.24, 2.45) is 0 Å². The summed E-state index contributed by atoms with van der Waals surface area (Å²) in [5.74, 6) is 0.0124. The Morgan fingerprint density at radius 2 is 1.30 bits per heavy atom. The number of hydrogen-bond donors (Lipinski definition) is 1. The largest absolute Gasteiger partial charge is 0.492 e. The van der Waals surface area contributed by atoms with Gasteiger partial charge in [-0.3, -0.25) is 0 Å². The van der Waals surface area contributed by atoms with Crippen molar-refractivity contribution in [1.82, 2.24) is 0 Å².